The van der Waals surface area contributed by atoms with Crippen LogP contribution in [0.5, 0.6) is 11.5 Å². The molecule has 1 aliphatic heterocycles. The number of dihydropyridines is 1. The highest BCUT2D eigenvalue weighted by atomic mass is 19.1. The highest BCUT2D eigenvalue weighted by Gasteiger charge is 2.38. The van der Waals surface area contributed by atoms with Gasteiger partial charge >= 0.3 is 0 Å². The summed E-state index contributed by atoms with van der Waals surface area (Å²) in [6.45, 7) is 1.83. The van der Waals surface area contributed by atoms with Gasteiger partial charge in [0.2, 0.25) is 0 Å². The first-order valence-electron chi connectivity index (χ1n) is 10.5. The number of rotatable bonds is 5. The van der Waals surface area contributed by atoms with Gasteiger partial charge in [-0.1, -0.05) is 6.07 Å². The van der Waals surface area contributed by atoms with E-state index < -0.39 is 5.92 Å². The van der Waals surface area contributed by atoms with E-state index in [9.17, 15) is 14.0 Å². The van der Waals surface area contributed by atoms with Gasteiger partial charge in [0.15, 0.2) is 17.3 Å². The maximum absolute atomic E-state index is 13.4. The number of carbonyl (C=O) groups excluding carboxylic acids is 2. The Hall–Kier alpha value is -3.61. The number of hydrogen-bond acceptors (Lipinski definition) is 5. The number of methoxy groups -OCH3 is 2. The van der Waals surface area contributed by atoms with E-state index in [1.165, 1.54) is 24.3 Å². The summed E-state index contributed by atoms with van der Waals surface area (Å²) in [4.78, 5) is 26.4. The molecular weight excluding hydrogens is 411 g/mol. The summed E-state index contributed by atoms with van der Waals surface area (Å²) in [6.07, 6.45) is 1.96. The molecule has 0 saturated carbocycles. The molecule has 0 fully saturated rings. The second-order valence-corrected chi connectivity index (χ2v) is 7.84. The molecule has 0 aromatic heterocycles. The Morgan fingerprint density at radius 2 is 1.78 bits per heavy atom. The van der Waals surface area contributed by atoms with E-state index in [2.05, 4.69) is 10.6 Å². The van der Waals surface area contributed by atoms with Crippen LogP contribution in [-0.4, -0.2) is 25.9 Å². The van der Waals surface area contributed by atoms with E-state index in [-0.39, 0.29) is 17.5 Å². The molecule has 6 nitrogen and oxygen atoms in total. The molecule has 2 aromatic carbocycles. The Kier molecular flexibility index (Phi) is 5.99. The molecule has 32 heavy (non-hydrogen) atoms. The summed E-state index contributed by atoms with van der Waals surface area (Å²) < 4.78 is 24.1. The lowest BCUT2D eigenvalue weighted by Crippen LogP contribution is -2.35. The lowest BCUT2D eigenvalue weighted by atomic mass is 9.75. The van der Waals surface area contributed by atoms with Crippen molar-refractivity contribution in [3.8, 4) is 11.5 Å². The van der Waals surface area contributed by atoms with Crippen LogP contribution in [0.1, 0.15) is 37.7 Å². The molecule has 7 heteroatoms. The van der Waals surface area contributed by atoms with Crippen LogP contribution in [0.25, 0.3) is 0 Å². The molecule has 0 saturated heterocycles. The largest absolute Gasteiger partial charge is 0.493 e. The minimum absolute atomic E-state index is 0.0260. The van der Waals surface area contributed by atoms with E-state index in [1.807, 2.05) is 13.0 Å². The number of ether oxygens (including phenoxy) is 2. The van der Waals surface area contributed by atoms with Crippen LogP contribution in [0.3, 0.4) is 0 Å². The number of allylic oxidation sites excluding steroid dienone is 3. The first kappa shape index (κ1) is 21.6. The summed E-state index contributed by atoms with van der Waals surface area (Å²) in [5.41, 5.74) is 3.82. The number of hydrogen-bond donors (Lipinski definition) is 2. The summed E-state index contributed by atoms with van der Waals surface area (Å²) in [7, 11) is 3.10. The zero-order valence-corrected chi connectivity index (χ0v) is 18.3. The molecule has 1 heterocycles. The average Bonchev–Trinajstić information content (AvgIpc) is 2.79. The fourth-order valence-electron chi connectivity index (χ4n) is 4.38. The third kappa shape index (κ3) is 3.98. The summed E-state index contributed by atoms with van der Waals surface area (Å²) in [5, 5.41) is 6.12. The number of anilines is 1. The maximum Gasteiger partial charge on any atom is 0.254 e. The minimum atomic E-state index is -0.556. The molecule has 2 aromatic rings. The highest BCUT2D eigenvalue weighted by molar-refractivity contribution is 6.09. The minimum Gasteiger partial charge on any atom is -0.493 e. The van der Waals surface area contributed by atoms with Gasteiger partial charge in [-0.15, -0.1) is 0 Å². The molecule has 166 valence electrons. The van der Waals surface area contributed by atoms with Crippen molar-refractivity contribution in [2.45, 2.75) is 32.1 Å². The van der Waals surface area contributed by atoms with Crippen LogP contribution in [0.15, 0.2) is 65.0 Å². The molecule has 1 atom stereocenters. The molecule has 1 unspecified atom stereocenters. The number of halogens is 1. The van der Waals surface area contributed by atoms with Gasteiger partial charge in [0.25, 0.3) is 5.91 Å². The van der Waals surface area contributed by atoms with E-state index in [0.717, 1.165) is 24.1 Å². The smallest absolute Gasteiger partial charge is 0.254 e. The van der Waals surface area contributed by atoms with Crippen LogP contribution in [0.2, 0.25) is 0 Å². The Balaban J connectivity index is 1.81. The van der Waals surface area contributed by atoms with Gasteiger partial charge in [0.1, 0.15) is 5.82 Å². The quantitative estimate of drug-likeness (QED) is 0.724. The Morgan fingerprint density at radius 1 is 1.06 bits per heavy atom. The van der Waals surface area contributed by atoms with Crippen molar-refractivity contribution in [3.05, 3.63) is 76.4 Å². The van der Waals surface area contributed by atoms with Crippen molar-refractivity contribution in [1.29, 1.82) is 0 Å². The average molecular weight is 436 g/mol. The van der Waals surface area contributed by atoms with Crippen molar-refractivity contribution in [2.75, 3.05) is 19.5 Å². The highest BCUT2D eigenvalue weighted by Crippen LogP contribution is 2.44. The van der Waals surface area contributed by atoms with Crippen molar-refractivity contribution in [2.24, 2.45) is 0 Å². The predicted octanol–water partition coefficient (Wildman–Crippen LogP) is 4.45. The Bertz CT molecular complexity index is 1140. The molecular formula is C25H25FN2O4. The number of amides is 1. The zero-order chi connectivity index (χ0) is 22.8. The SMILES string of the molecule is COc1ccc(C2C(C(=O)Nc3ccc(F)cc3)=C(C)NC3=C2C(=O)CCC3)cc1OC. The summed E-state index contributed by atoms with van der Waals surface area (Å²) >= 11 is 0. The van der Waals surface area contributed by atoms with Crippen LogP contribution < -0.4 is 20.1 Å². The third-order valence-corrected chi connectivity index (χ3v) is 5.86. The number of nitrogens with one attached hydrogen (secondary N) is 2. The Labute approximate surface area is 186 Å². The lowest BCUT2D eigenvalue weighted by Gasteiger charge is -2.34. The van der Waals surface area contributed by atoms with Crippen LogP contribution in [0.4, 0.5) is 10.1 Å². The standard InChI is InChI=1S/C25H25FN2O4/c1-14-22(25(30)28-17-10-8-16(26)9-11-17)23(24-18(27-14)5-4-6-19(24)29)15-7-12-20(31-2)21(13-15)32-3/h7-13,23,27H,4-6H2,1-3H3,(H,28,30). The van der Waals surface area contributed by atoms with Gasteiger partial charge in [-0.25, -0.2) is 4.39 Å². The van der Waals surface area contributed by atoms with Crippen molar-refractivity contribution in [3.63, 3.8) is 0 Å². The zero-order valence-electron chi connectivity index (χ0n) is 18.3. The van der Waals surface area contributed by atoms with Gasteiger partial charge in [-0.3, -0.25) is 9.59 Å². The van der Waals surface area contributed by atoms with Gasteiger partial charge < -0.3 is 20.1 Å². The van der Waals surface area contributed by atoms with E-state index in [0.29, 0.717) is 40.5 Å². The second-order valence-electron chi connectivity index (χ2n) is 7.84. The number of benzene rings is 2. The van der Waals surface area contributed by atoms with Crippen LogP contribution in [0, 0.1) is 5.82 Å². The molecule has 0 radical (unpaired) electrons. The maximum atomic E-state index is 13.4. The van der Waals surface area contributed by atoms with E-state index >= 15 is 0 Å². The van der Waals surface area contributed by atoms with Gasteiger partial charge in [0.05, 0.1) is 14.2 Å². The fourth-order valence-corrected chi connectivity index (χ4v) is 4.38. The third-order valence-electron chi connectivity index (χ3n) is 5.86. The molecule has 2 aliphatic rings. The fraction of sp³-hybridized carbons (Fsp3) is 0.280. The second kappa shape index (κ2) is 8.86. The topological polar surface area (TPSA) is 76.7 Å². The monoisotopic (exact) mass is 436 g/mol. The van der Waals surface area contributed by atoms with E-state index in [1.54, 1.807) is 26.4 Å². The number of Topliss-reactive ketones (excluding diaryl/α,β-unsaturated/α-hetero) is 1. The van der Waals surface area contributed by atoms with Crippen LogP contribution in [-0.2, 0) is 9.59 Å². The van der Waals surface area contributed by atoms with Gasteiger partial charge in [-0.2, -0.15) is 0 Å². The summed E-state index contributed by atoms with van der Waals surface area (Å²) in [5.74, 6) is -0.190. The van der Waals surface area contributed by atoms with Crippen molar-refractivity contribution < 1.29 is 23.5 Å². The molecule has 4 rings (SSSR count). The normalized spacial score (nSPS) is 18.1. The van der Waals surface area contributed by atoms with Crippen LogP contribution >= 0.6 is 0 Å². The Morgan fingerprint density at radius 3 is 2.47 bits per heavy atom. The van der Waals surface area contributed by atoms with Gasteiger partial charge in [-0.05, 0) is 61.7 Å². The first-order chi connectivity index (χ1) is 15.4. The van der Waals surface area contributed by atoms with Gasteiger partial charge in [0, 0.05) is 40.6 Å². The number of ketones is 1. The van der Waals surface area contributed by atoms with E-state index in [4.69, 9.17) is 9.47 Å². The molecule has 0 spiro atoms. The molecule has 0 bridgehead atoms. The first-order valence-corrected chi connectivity index (χ1v) is 10.5. The molecule has 1 aliphatic carbocycles. The lowest BCUT2D eigenvalue weighted by molar-refractivity contribution is -0.116. The number of carbonyl (C=O) groups is 2. The summed E-state index contributed by atoms with van der Waals surface area (Å²) in [6, 6.07) is 11.0. The predicted molar refractivity (Wildman–Crippen MR) is 119 cm³/mol. The molecule has 2 N–H and O–H groups in total. The molecule has 1 amide bonds. The van der Waals surface area contributed by atoms with Crippen molar-refractivity contribution in [1.82, 2.24) is 5.32 Å². The van der Waals surface area contributed by atoms with Crippen molar-refractivity contribution >= 4 is 17.4 Å².